The Kier molecular flexibility index (Phi) is 5.81. The highest BCUT2D eigenvalue weighted by Crippen LogP contribution is 2.26. The summed E-state index contributed by atoms with van der Waals surface area (Å²) < 4.78 is 27.8. The molecule has 0 heterocycles. The molecule has 0 saturated carbocycles. The van der Waals surface area contributed by atoms with Gasteiger partial charge in [0.05, 0.1) is 6.04 Å². The largest absolute Gasteiger partial charge is 0.352 e. The summed E-state index contributed by atoms with van der Waals surface area (Å²) in [5.41, 5.74) is 4.06. The number of benzene rings is 3. The molecule has 0 saturated heterocycles. The van der Waals surface area contributed by atoms with Crippen LogP contribution in [0.15, 0.2) is 66.7 Å². The minimum atomic E-state index is -0.693. The number of thiocarbonyl (C=S) groups is 1. The highest BCUT2D eigenvalue weighted by Gasteiger charge is 2.18. The Morgan fingerprint density at radius 3 is 2.19 bits per heavy atom. The molecule has 27 heavy (non-hydrogen) atoms. The fraction of sp³-hybridized carbons (Fsp3) is 0.136. The van der Waals surface area contributed by atoms with Crippen LogP contribution in [0, 0.1) is 25.5 Å². The minimum absolute atomic E-state index is 0.146. The molecule has 0 aliphatic rings. The Hall–Kier alpha value is -2.79. The van der Waals surface area contributed by atoms with Crippen LogP contribution in [0.1, 0.15) is 28.3 Å². The molecule has 5 heteroatoms. The van der Waals surface area contributed by atoms with E-state index >= 15 is 0 Å². The highest BCUT2D eigenvalue weighted by atomic mass is 32.1. The highest BCUT2D eigenvalue weighted by molar-refractivity contribution is 7.80. The minimum Gasteiger partial charge on any atom is -0.352 e. The standard InChI is InChI=1S/C22H20F2N2S/c1-14-11-12-17(15(2)13-14)20(16-7-4-3-5-8-16)25-22(27)26-21-18(23)9-6-10-19(21)24/h3-13,20H,1-2H3,(H2,25,26,27)/t20-/m1/s1. The van der Waals surface area contributed by atoms with Gasteiger partial charge in [-0.2, -0.15) is 0 Å². The van der Waals surface area contributed by atoms with Gasteiger partial charge in [0.15, 0.2) is 5.11 Å². The van der Waals surface area contributed by atoms with E-state index in [-0.39, 0.29) is 16.8 Å². The van der Waals surface area contributed by atoms with E-state index in [9.17, 15) is 8.78 Å². The van der Waals surface area contributed by atoms with Gasteiger partial charge in [0, 0.05) is 0 Å². The molecule has 2 N–H and O–H groups in total. The summed E-state index contributed by atoms with van der Waals surface area (Å²) in [7, 11) is 0. The summed E-state index contributed by atoms with van der Waals surface area (Å²) in [6, 6.07) is 19.4. The lowest BCUT2D eigenvalue weighted by Crippen LogP contribution is -2.34. The monoisotopic (exact) mass is 382 g/mol. The van der Waals surface area contributed by atoms with Crippen LogP contribution in [0.4, 0.5) is 14.5 Å². The predicted molar refractivity (Wildman–Crippen MR) is 110 cm³/mol. The van der Waals surface area contributed by atoms with Crippen molar-refractivity contribution in [3.05, 3.63) is 101 Å². The molecule has 3 rings (SSSR count). The van der Waals surface area contributed by atoms with Gasteiger partial charge in [-0.05, 0) is 54.9 Å². The molecule has 0 aromatic heterocycles. The van der Waals surface area contributed by atoms with Crippen LogP contribution < -0.4 is 10.6 Å². The van der Waals surface area contributed by atoms with Gasteiger partial charge >= 0.3 is 0 Å². The molecule has 0 spiro atoms. The second-order valence-electron chi connectivity index (χ2n) is 6.40. The maximum Gasteiger partial charge on any atom is 0.171 e. The molecule has 0 amide bonds. The maximum absolute atomic E-state index is 13.9. The second kappa shape index (κ2) is 8.27. The van der Waals surface area contributed by atoms with Crippen molar-refractivity contribution in [2.24, 2.45) is 0 Å². The fourth-order valence-corrected chi connectivity index (χ4v) is 3.25. The lowest BCUT2D eigenvalue weighted by Gasteiger charge is -2.24. The summed E-state index contributed by atoms with van der Waals surface area (Å²) in [4.78, 5) is 0. The van der Waals surface area contributed by atoms with Crippen molar-refractivity contribution in [3.63, 3.8) is 0 Å². The quantitative estimate of drug-likeness (QED) is 0.570. The molecule has 0 unspecified atom stereocenters. The van der Waals surface area contributed by atoms with E-state index in [0.29, 0.717) is 0 Å². The average Bonchev–Trinajstić information content (AvgIpc) is 2.64. The van der Waals surface area contributed by atoms with Gasteiger partial charge in [0.2, 0.25) is 0 Å². The van der Waals surface area contributed by atoms with E-state index in [4.69, 9.17) is 12.2 Å². The summed E-state index contributed by atoms with van der Waals surface area (Å²) >= 11 is 5.35. The number of para-hydroxylation sites is 1. The first-order valence-electron chi connectivity index (χ1n) is 8.59. The topological polar surface area (TPSA) is 24.1 Å². The van der Waals surface area contributed by atoms with E-state index in [1.807, 2.05) is 56.3 Å². The Balaban J connectivity index is 1.91. The first kappa shape index (κ1) is 19.0. The molecule has 0 aliphatic carbocycles. The molecular weight excluding hydrogens is 362 g/mol. The van der Waals surface area contributed by atoms with Crippen molar-refractivity contribution in [1.29, 1.82) is 0 Å². The first-order chi connectivity index (χ1) is 13.0. The van der Waals surface area contributed by atoms with Gasteiger partial charge in [0.1, 0.15) is 17.3 Å². The number of rotatable bonds is 4. The van der Waals surface area contributed by atoms with E-state index < -0.39 is 11.6 Å². The summed E-state index contributed by atoms with van der Waals surface area (Å²) in [6.45, 7) is 4.07. The molecule has 3 aromatic carbocycles. The van der Waals surface area contributed by atoms with Crippen LogP contribution >= 0.6 is 12.2 Å². The molecule has 0 bridgehead atoms. The van der Waals surface area contributed by atoms with E-state index in [2.05, 4.69) is 16.7 Å². The fourth-order valence-electron chi connectivity index (χ4n) is 3.03. The van der Waals surface area contributed by atoms with E-state index in [1.165, 1.54) is 18.2 Å². The molecule has 3 aromatic rings. The second-order valence-corrected chi connectivity index (χ2v) is 6.81. The maximum atomic E-state index is 13.9. The molecule has 0 aliphatic heterocycles. The van der Waals surface area contributed by atoms with Gasteiger partial charge in [-0.3, -0.25) is 0 Å². The van der Waals surface area contributed by atoms with Gasteiger partial charge in [-0.25, -0.2) is 8.78 Å². The Morgan fingerprint density at radius 1 is 0.889 bits per heavy atom. The van der Waals surface area contributed by atoms with Crippen molar-refractivity contribution in [2.45, 2.75) is 19.9 Å². The van der Waals surface area contributed by atoms with Gasteiger partial charge < -0.3 is 10.6 Å². The van der Waals surface area contributed by atoms with E-state index in [1.54, 1.807) is 0 Å². The van der Waals surface area contributed by atoms with Crippen molar-refractivity contribution in [2.75, 3.05) is 5.32 Å². The van der Waals surface area contributed by atoms with Gasteiger partial charge in [0.25, 0.3) is 0 Å². The van der Waals surface area contributed by atoms with Crippen LogP contribution in [0.2, 0.25) is 0 Å². The number of halogens is 2. The Bertz CT molecular complexity index is 938. The zero-order chi connectivity index (χ0) is 19.4. The summed E-state index contributed by atoms with van der Waals surface area (Å²) in [6.07, 6.45) is 0. The molecule has 0 radical (unpaired) electrons. The number of hydrogen-bond acceptors (Lipinski definition) is 1. The van der Waals surface area contributed by atoms with Crippen LogP contribution in [0.25, 0.3) is 0 Å². The summed E-state index contributed by atoms with van der Waals surface area (Å²) in [5.74, 6) is -1.39. The molecule has 138 valence electrons. The number of nitrogens with one attached hydrogen (secondary N) is 2. The van der Waals surface area contributed by atoms with Crippen LogP contribution in [-0.4, -0.2) is 5.11 Å². The van der Waals surface area contributed by atoms with Gasteiger partial charge in [-0.1, -0.05) is 60.2 Å². The SMILES string of the molecule is Cc1ccc([C@H](NC(=S)Nc2c(F)cccc2F)c2ccccc2)c(C)c1. The first-order valence-corrected chi connectivity index (χ1v) is 9.00. The van der Waals surface area contributed by atoms with Crippen molar-refractivity contribution >= 4 is 23.0 Å². The lowest BCUT2D eigenvalue weighted by atomic mass is 9.94. The number of anilines is 1. The average molecular weight is 382 g/mol. The predicted octanol–water partition coefficient (Wildman–Crippen LogP) is 5.66. The lowest BCUT2D eigenvalue weighted by molar-refractivity contribution is 0.591. The van der Waals surface area contributed by atoms with Crippen molar-refractivity contribution in [3.8, 4) is 0 Å². The van der Waals surface area contributed by atoms with Crippen molar-refractivity contribution < 1.29 is 8.78 Å². The number of aryl methyl sites for hydroxylation is 2. The third-order valence-corrected chi connectivity index (χ3v) is 4.57. The normalized spacial score (nSPS) is 11.7. The number of hydrogen-bond donors (Lipinski definition) is 2. The van der Waals surface area contributed by atoms with Crippen molar-refractivity contribution in [1.82, 2.24) is 5.32 Å². The zero-order valence-corrected chi connectivity index (χ0v) is 15.9. The molecular formula is C22H20F2N2S. The Labute approximate surface area is 163 Å². The van der Waals surface area contributed by atoms with Crippen LogP contribution in [-0.2, 0) is 0 Å². The van der Waals surface area contributed by atoms with E-state index in [0.717, 1.165) is 22.3 Å². The third-order valence-electron chi connectivity index (χ3n) is 4.35. The smallest absolute Gasteiger partial charge is 0.171 e. The molecule has 0 fully saturated rings. The molecule has 2 nitrogen and oxygen atoms in total. The summed E-state index contributed by atoms with van der Waals surface area (Å²) in [5, 5.41) is 6.00. The Morgan fingerprint density at radius 2 is 1.56 bits per heavy atom. The van der Waals surface area contributed by atoms with Gasteiger partial charge in [-0.15, -0.1) is 0 Å². The molecule has 1 atom stereocenters. The van der Waals surface area contributed by atoms with Crippen LogP contribution in [0.5, 0.6) is 0 Å². The third kappa shape index (κ3) is 4.49. The van der Waals surface area contributed by atoms with Crippen LogP contribution in [0.3, 0.4) is 0 Å². The zero-order valence-electron chi connectivity index (χ0n) is 15.1.